The molecule has 0 saturated heterocycles. The summed E-state index contributed by atoms with van der Waals surface area (Å²) in [5, 5.41) is 6.07. The number of nitrogens with zero attached hydrogens (tertiary/aromatic N) is 1. The molecule has 0 saturated carbocycles. The smallest absolute Gasteiger partial charge is 0.0420 e. The Labute approximate surface area is 186 Å². The predicted molar refractivity (Wildman–Crippen MR) is 137 cm³/mol. The first-order chi connectivity index (χ1) is 15.3. The van der Waals surface area contributed by atoms with Crippen LogP contribution in [0.15, 0.2) is 90.5 Å². The Balaban J connectivity index is 1.91. The molecule has 1 N–H and O–H groups in total. The molecule has 158 valence electrons. The van der Waals surface area contributed by atoms with Crippen LogP contribution >= 0.6 is 0 Å². The van der Waals surface area contributed by atoms with Crippen LogP contribution in [-0.2, 0) is 0 Å². The van der Waals surface area contributed by atoms with Crippen molar-refractivity contribution in [3.63, 3.8) is 0 Å². The quantitative estimate of drug-likeness (QED) is 0.437. The summed E-state index contributed by atoms with van der Waals surface area (Å²) in [6, 6.07) is 22.3. The van der Waals surface area contributed by atoms with Gasteiger partial charge in [-0.05, 0) is 73.1 Å². The highest BCUT2D eigenvalue weighted by molar-refractivity contribution is 6.04. The van der Waals surface area contributed by atoms with E-state index in [1.807, 2.05) is 0 Å². The maximum Gasteiger partial charge on any atom is 0.0420 e. The number of allylic oxidation sites excluding steroid dienone is 5. The molecule has 2 heteroatoms. The van der Waals surface area contributed by atoms with E-state index < -0.39 is 0 Å². The van der Waals surface area contributed by atoms with Gasteiger partial charge in [-0.25, -0.2) is 0 Å². The summed E-state index contributed by atoms with van der Waals surface area (Å²) in [5.41, 5.74) is 7.56. The molecule has 0 atom stereocenters. The molecule has 0 amide bonds. The average molecular weight is 409 g/mol. The largest absolute Gasteiger partial charge is 0.385 e. The van der Waals surface area contributed by atoms with Crippen LogP contribution in [-0.4, -0.2) is 19.6 Å². The fourth-order valence-electron chi connectivity index (χ4n) is 4.46. The molecule has 0 unspecified atom stereocenters. The summed E-state index contributed by atoms with van der Waals surface area (Å²) in [4.78, 5) is 2.39. The number of hydrogen-bond donors (Lipinski definition) is 1. The van der Waals surface area contributed by atoms with E-state index in [9.17, 15) is 0 Å². The summed E-state index contributed by atoms with van der Waals surface area (Å²) in [7, 11) is 0. The Morgan fingerprint density at radius 3 is 2.13 bits per heavy atom. The summed E-state index contributed by atoms with van der Waals surface area (Å²) in [5.74, 6) is 0. The molecule has 0 fully saturated rings. The van der Waals surface area contributed by atoms with Gasteiger partial charge in [0.05, 0.1) is 0 Å². The van der Waals surface area contributed by atoms with Gasteiger partial charge in [-0.1, -0.05) is 66.8 Å². The minimum Gasteiger partial charge on any atom is -0.385 e. The van der Waals surface area contributed by atoms with Crippen LogP contribution in [0, 0.1) is 0 Å². The first-order valence-corrected chi connectivity index (χ1v) is 11.5. The van der Waals surface area contributed by atoms with Crippen LogP contribution in [0.4, 0.5) is 11.4 Å². The van der Waals surface area contributed by atoms with E-state index >= 15 is 0 Å². The van der Waals surface area contributed by atoms with Gasteiger partial charge < -0.3 is 10.2 Å². The SMILES string of the molecule is CCNc1ccc(C(=C2C=CCC=C2)c2ccc(N(CC)CC)cc2)c2ccccc12. The Morgan fingerprint density at radius 1 is 0.806 bits per heavy atom. The molecule has 3 aromatic carbocycles. The molecule has 0 aromatic heterocycles. The lowest BCUT2D eigenvalue weighted by Gasteiger charge is -2.22. The zero-order valence-electron chi connectivity index (χ0n) is 18.9. The number of anilines is 2. The van der Waals surface area contributed by atoms with Gasteiger partial charge in [0.1, 0.15) is 0 Å². The third-order valence-electron chi connectivity index (χ3n) is 6.00. The molecule has 31 heavy (non-hydrogen) atoms. The number of benzene rings is 3. The van der Waals surface area contributed by atoms with E-state index in [-0.39, 0.29) is 0 Å². The van der Waals surface area contributed by atoms with Crippen LogP contribution in [0.25, 0.3) is 16.3 Å². The van der Waals surface area contributed by atoms with Gasteiger partial charge in [0.15, 0.2) is 0 Å². The van der Waals surface area contributed by atoms with Crippen molar-refractivity contribution in [2.24, 2.45) is 0 Å². The van der Waals surface area contributed by atoms with Crippen LogP contribution in [0.1, 0.15) is 38.3 Å². The van der Waals surface area contributed by atoms with Crippen LogP contribution in [0.5, 0.6) is 0 Å². The second-order valence-corrected chi connectivity index (χ2v) is 7.83. The Bertz CT molecular complexity index is 1120. The maximum absolute atomic E-state index is 3.52. The van der Waals surface area contributed by atoms with E-state index in [1.165, 1.54) is 44.4 Å². The monoisotopic (exact) mass is 408 g/mol. The molecule has 0 radical (unpaired) electrons. The first-order valence-electron chi connectivity index (χ1n) is 11.5. The van der Waals surface area contributed by atoms with Gasteiger partial charge >= 0.3 is 0 Å². The predicted octanol–water partition coefficient (Wildman–Crippen LogP) is 7.44. The summed E-state index contributed by atoms with van der Waals surface area (Å²) >= 11 is 0. The molecule has 0 spiro atoms. The fraction of sp³-hybridized carbons (Fsp3) is 0.241. The van der Waals surface area contributed by atoms with E-state index in [4.69, 9.17) is 0 Å². The van der Waals surface area contributed by atoms with Gasteiger partial charge in [0.25, 0.3) is 0 Å². The highest BCUT2D eigenvalue weighted by Crippen LogP contribution is 2.37. The van der Waals surface area contributed by atoms with Crippen molar-refractivity contribution in [1.82, 2.24) is 0 Å². The lowest BCUT2D eigenvalue weighted by Crippen LogP contribution is -2.21. The van der Waals surface area contributed by atoms with E-state index in [2.05, 4.69) is 116 Å². The molecule has 0 aliphatic heterocycles. The van der Waals surface area contributed by atoms with Gasteiger partial charge in [-0.3, -0.25) is 0 Å². The molecule has 3 aromatic rings. The van der Waals surface area contributed by atoms with Crippen LogP contribution < -0.4 is 10.2 Å². The van der Waals surface area contributed by atoms with Crippen molar-refractivity contribution >= 4 is 27.7 Å². The third kappa shape index (κ3) is 4.29. The highest BCUT2D eigenvalue weighted by Gasteiger charge is 2.15. The van der Waals surface area contributed by atoms with Crippen LogP contribution in [0.3, 0.4) is 0 Å². The molecule has 1 aliphatic carbocycles. The summed E-state index contributed by atoms with van der Waals surface area (Å²) < 4.78 is 0. The van der Waals surface area contributed by atoms with Crippen molar-refractivity contribution in [3.8, 4) is 0 Å². The number of nitrogens with one attached hydrogen (secondary N) is 1. The minimum absolute atomic E-state index is 0.912. The lowest BCUT2D eigenvalue weighted by molar-refractivity contribution is 0.866. The van der Waals surface area contributed by atoms with Gasteiger partial charge in [0, 0.05) is 36.4 Å². The first kappa shape index (κ1) is 21.0. The van der Waals surface area contributed by atoms with Crippen molar-refractivity contribution < 1.29 is 0 Å². The summed E-state index contributed by atoms with van der Waals surface area (Å²) in [6.07, 6.45) is 10.0. The van der Waals surface area contributed by atoms with Crippen molar-refractivity contribution in [1.29, 1.82) is 0 Å². The molecule has 0 heterocycles. The molecule has 2 nitrogen and oxygen atoms in total. The van der Waals surface area contributed by atoms with E-state index in [0.717, 1.165) is 26.1 Å². The van der Waals surface area contributed by atoms with E-state index in [0.29, 0.717) is 0 Å². The molecule has 4 rings (SSSR count). The van der Waals surface area contributed by atoms with Gasteiger partial charge in [0.2, 0.25) is 0 Å². The molecular weight excluding hydrogens is 376 g/mol. The van der Waals surface area contributed by atoms with Gasteiger partial charge in [-0.2, -0.15) is 0 Å². The van der Waals surface area contributed by atoms with Crippen molar-refractivity contribution in [2.75, 3.05) is 29.9 Å². The standard InChI is InChI=1S/C29H32N2/c1-4-30-28-21-20-27(25-14-10-11-15-26(25)28)29(22-12-8-7-9-13-22)23-16-18-24(19-17-23)31(5-2)6-3/h8-21,30H,4-7H2,1-3H3. The topological polar surface area (TPSA) is 15.3 Å². The van der Waals surface area contributed by atoms with Gasteiger partial charge in [-0.15, -0.1) is 0 Å². The second-order valence-electron chi connectivity index (χ2n) is 7.83. The molecule has 0 bridgehead atoms. The molecular formula is C29H32N2. The van der Waals surface area contributed by atoms with E-state index in [1.54, 1.807) is 0 Å². The Morgan fingerprint density at radius 2 is 1.48 bits per heavy atom. The normalized spacial score (nSPS) is 12.9. The zero-order valence-corrected chi connectivity index (χ0v) is 18.9. The highest BCUT2D eigenvalue weighted by atomic mass is 15.1. The van der Waals surface area contributed by atoms with Crippen molar-refractivity contribution in [3.05, 3.63) is 102 Å². The maximum atomic E-state index is 3.52. The number of fused-ring (bicyclic) bond motifs is 1. The van der Waals surface area contributed by atoms with Crippen molar-refractivity contribution in [2.45, 2.75) is 27.2 Å². The minimum atomic E-state index is 0.912. The zero-order chi connectivity index (χ0) is 21.6. The second kappa shape index (κ2) is 9.70. The summed E-state index contributed by atoms with van der Waals surface area (Å²) in [6.45, 7) is 9.51. The lowest BCUT2D eigenvalue weighted by atomic mass is 9.87. The molecule has 1 aliphatic rings. The average Bonchev–Trinajstić information content (AvgIpc) is 2.83. The Kier molecular flexibility index (Phi) is 6.57. The van der Waals surface area contributed by atoms with Crippen LogP contribution in [0.2, 0.25) is 0 Å². The number of rotatable bonds is 7. The fourth-order valence-corrected chi connectivity index (χ4v) is 4.46. The Hall–Kier alpha value is -3.26. The third-order valence-corrected chi connectivity index (χ3v) is 6.00. The number of hydrogen-bond acceptors (Lipinski definition) is 2.